The highest BCUT2D eigenvalue weighted by Crippen LogP contribution is 2.38. The molecule has 1 fully saturated rings. The molecule has 2 amide bonds. The number of ether oxygens (including phenoxy) is 2. The molecule has 56 heavy (non-hydrogen) atoms. The Morgan fingerprint density at radius 3 is 2.18 bits per heavy atom. The van der Waals surface area contributed by atoms with Gasteiger partial charge in [-0.25, -0.2) is 4.98 Å². The minimum atomic E-state index is -5.23. The SMILES string of the molecule is C[C@H]1CN(C(=O)c2cc3ccc(Oc4ccc(NC(=O)c5ccc(C(F)(F)F)cc5C(F)(F)F)cn4)cc3n2C)CCN1Cc1ccc(OCC(F)(F)F)cc1. The number of hydrogen-bond donors (Lipinski definition) is 1. The van der Waals surface area contributed by atoms with Gasteiger partial charge in [-0.1, -0.05) is 12.1 Å². The molecule has 1 atom stereocenters. The quantitative estimate of drug-likeness (QED) is 0.150. The van der Waals surface area contributed by atoms with Gasteiger partial charge in [0.15, 0.2) is 6.61 Å². The van der Waals surface area contributed by atoms with Crippen molar-refractivity contribution in [1.29, 1.82) is 0 Å². The molecule has 0 bridgehead atoms. The first kappa shape index (κ1) is 39.9. The Morgan fingerprint density at radius 1 is 0.839 bits per heavy atom. The lowest BCUT2D eigenvalue weighted by molar-refractivity contribution is -0.153. The maximum atomic E-state index is 13.7. The van der Waals surface area contributed by atoms with Crippen molar-refractivity contribution in [3.63, 3.8) is 0 Å². The van der Waals surface area contributed by atoms with Gasteiger partial charge >= 0.3 is 18.5 Å². The van der Waals surface area contributed by atoms with Gasteiger partial charge in [-0.3, -0.25) is 14.5 Å². The third-order valence-electron chi connectivity index (χ3n) is 9.11. The van der Waals surface area contributed by atoms with Crippen LogP contribution in [0.3, 0.4) is 0 Å². The van der Waals surface area contributed by atoms with E-state index < -0.39 is 47.7 Å². The molecule has 0 radical (unpaired) electrons. The highest BCUT2D eigenvalue weighted by atomic mass is 19.4. The van der Waals surface area contributed by atoms with E-state index >= 15 is 0 Å². The number of carbonyl (C=O) groups excluding carboxylic acids is 2. The zero-order valence-electron chi connectivity index (χ0n) is 29.5. The molecule has 0 saturated carbocycles. The first-order valence-electron chi connectivity index (χ1n) is 16.9. The fraction of sp³-hybridized carbons (Fsp3) is 0.289. The maximum Gasteiger partial charge on any atom is 0.422 e. The molecule has 9 nitrogen and oxygen atoms in total. The molecular formula is C38H32F9N5O4. The van der Waals surface area contributed by atoms with Gasteiger partial charge in [0.2, 0.25) is 5.88 Å². The highest BCUT2D eigenvalue weighted by molar-refractivity contribution is 6.05. The number of nitrogens with zero attached hydrogens (tertiary/aromatic N) is 4. The van der Waals surface area contributed by atoms with E-state index in [1.165, 1.54) is 24.3 Å². The van der Waals surface area contributed by atoms with Gasteiger partial charge in [0.25, 0.3) is 11.8 Å². The third kappa shape index (κ3) is 9.35. The molecule has 296 valence electrons. The predicted molar refractivity (Wildman–Crippen MR) is 185 cm³/mol. The number of pyridine rings is 1. The lowest BCUT2D eigenvalue weighted by Crippen LogP contribution is -2.53. The van der Waals surface area contributed by atoms with Crippen molar-refractivity contribution in [1.82, 2.24) is 19.4 Å². The number of alkyl halides is 9. The van der Waals surface area contributed by atoms with Crippen molar-refractivity contribution in [3.05, 3.63) is 113 Å². The molecule has 0 spiro atoms. The molecule has 1 aliphatic heterocycles. The van der Waals surface area contributed by atoms with E-state index in [4.69, 9.17) is 9.47 Å². The van der Waals surface area contributed by atoms with Crippen LogP contribution in [0.5, 0.6) is 17.4 Å². The Hall–Kier alpha value is -5.78. The van der Waals surface area contributed by atoms with Crippen LogP contribution in [-0.4, -0.2) is 69.6 Å². The Kier molecular flexibility index (Phi) is 11.0. The molecule has 2 aromatic heterocycles. The van der Waals surface area contributed by atoms with Crippen LogP contribution in [0, 0.1) is 0 Å². The number of hydrogen-bond acceptors (Lipinski definition) is 6. The molecule has 3 heterocycles. The van der Waals surface area contributed by atoms with Gasteiger partial charge in [0.05, 0.1) is 34.1 Å². The van der Waals surface area contributed by atoms with Crippen LogP contribution in [-0.2, 0) is 25.9 Å². The zero-order valence-corrected chi connectivity index (χ0v) is 29.5. The van der Waals surface area contributed by atoms with Gasteiger partial charge in [0, 0.05) is 56.8 Å². The number of anilines is 1. The van der Waals surface area contributed by atoms with Gasteiger partial charge < -0.3 is 24.3 Å². The molecule has 5 aromatic rings. The van der Waals surface area contributed by atoms with E-state index in [2.05, 4.69) is 15.2 Å². The van der Waals surface area contributed by atoms with E-state index in [1.54, 1.807) is 52.9 Å². The molecule has 0 unspecified atom stereocenters. The average Bonchev–Trinajstić information content (AvgIpc) is 3.46. The third-order valence-corrected chi connectivity index (χ3v) is 9.11. The lowest BCUT2D eigenvalue weighted by Gasteiger charge is -2.40. The summed E-state index contributed by atoms with van der Waals surface area (Å²) in [5.41, 5.74) is -2.34. The number of halogens is 9. The van der Waals surface area contributed by atoms with Crippen molar-refractivity contribution in [2.75, 3.05) is 31.6 Å². The number of piperazine rings is 1. The number of carbonyl (C=O) groups is 2. The molecule has 18 heteroatoms. The van der Waals surface area contributed by atoms with Crippen LogP contribution < -0.4 is 14.8 Å². The van der Waals surface area contributed by atoms with Gasteiger partial charge in [0.1, 0.15) is 17.2 Å². The van der Waals surface area contributed by atoms with Crippen LogP contribution in [0.25, 0.3) is 10.9 Å². The van der Waals surface area contributed by atoms with Crippen molar-refractivity contribution in [3.8, 4) is 17.4 Å². The van der Waals surface area contributed by atoms with E-state index in [9.17, 15) is 49.1 Å². The van der Waals surface area contributed by atoms with Crippen LogP contribution in [0.2, 0.25) is 0 Å². The minimum absolute atomic E-state index is 0.0158. The first-order valence-corrected chi connectivity index (χ1v) is 16.9. The Labute approximate surface area is 313 Å². The molecule has 0 aliphatic carbocycles. The maximum absolute atomic E-state index is 13.7. The lowest BCUT2D eigenvalue weighted by atomic mass is 10.0. The zero-order chi connectivity index (χ0) is 40.6. The summed E-state index contributed by atoms with van der Waals surface area (Å²) in [7, 11) is 1.73. The summed E-state index contributed by atoms with van der Waals surface area (Å²) in [6.07, 6.45) is -13.6. The number of nitrogens with one attached hydrogen (secondary N) is 1. The summed E-state index contributed by atoms with van der Waals surface area (Å²) < 4.78 is 129. The molecule has 6 rings (SSSR count). The molecule has 1 aliphatic rings. The van der Waals surface area contributed by atoms with Crippen LogP contribution in [0.4, 0.5) is 45.2 Å². The highest BCUT2D eigenvalue weighted by Gasteiger charge is 2.39. The van der Waals surface area contributed by atoms with Gasteiger partial charge in [-0.15, -0.1) is 0 Å². The summed E-state index contributed by atoms with van der Waals surface area (Å²) in [4.78, 5) is 34.4. The van der Waals surface area contributed by atoms with Crippen molar-refractivity contribution in [2.24, 2.45) is 7.05 Å². The number of aryl methyl sites for hydroxylation is 1. The molecule has 1 N–H and O–H groups in total. The van der Waals surface area contributed by atoms with Crippen LogP contribution in [0.1, 0.15) is 44.5 Å². The number of amides is 2. The standard InChI is InChI=1S/C38H32F9N5O4/c1-22-19-52(14-13-51(22)20-23-3-8-27(9-4-23)55-21-36(39,40)41)35(54)32-15-24-5-10-28(17-31(24)50(32)2)56-33-12-7-26(18-48-33)49-34(53)29-11-6-25(37(42,43)44)16-30(29)38(45,46)47/h3-12,15-18,22H,13-14,19-21H2,1-2H3,(H,49,53)/t22-/m0/s1. The van der Waals surface area contributed by atoms with E-state index in [0.29, 0.717) is 55.3 Å². The smallest absolute Gasteiger partial charge is 0.422 e. The van der Waals surface area contributed by atoms with Crippen molar-refractivity contribution in [2.45, 2.75) is 38.0 Å². The number of fused-ring (bicyclic) bond motifs is 1. The van der Waals surface area contributed by atoms with E-state index in [-0.39, 0.29) is 35.3 Å². The normalized spacial score (nSPS) is 15.6. The molecule has 1 saturated heterocycles. The van der Waals surface area contributed by atoms with Crippen molar-refractivity contribution < 1.29 is 58.6 Å². The average molecular weight is 794 g/mol. The summed E-state index contributed by atoms with van der Waals surface area (Å²) in [5, 5.41) is 2.96. The predicted octanol–water partition coefficient (Wildman–Crippen LogP) is 8.94. The Balaban J connectivity index is 1.07. The summed E-state index contributed by atoms with van der Waals surface area (Å²) >= 11 is 0. The topological polar surface area (TPSA) is 88.9 Å². The number of benzene rings is 3. The van der Waals surface area contributed by atoms with Crippen LogP contribution >= 0.6 is 0 Å². The van der Waals surface area contributed by atoms with Crippen molar-refractivity contribution >= 4 is 28.4 Å². The largest absolute Gasteiger partial charge is 0.484 e. The fourth-order valence-electron chi connectivity index (χ4n) is 6.23. The Bertz CT molecular complexity index is 2220. The van der Waals surface area contributed by atoms with Crippen LogP contribution in [0.15, 0.2) is 85.1 Å². The summed E-state index contributed by atoms with van der Waals surface area (Å²) in [5.74, 6) is -0.959. The number of rotatable bonds is 9. The fourth-order valence-corrected chi connectivity index (χ4v) is 6.23. The summed E-state index contributed by atoms with van der Waals surface area (Å²) in [6, 6.07) is 16.6. The number of aromatic nitrogens is 2. The molecular weight excluding hydrogens is 761 g/mol. The first-order chi connectivity index (χ1) is 26.2. The summed E-state index contributed by atoms with van der Waals surface area (Å²) in [6.45, 7) is 2.62. The minimum Gasteiger partial charge on any atom is -0.484 e. The van der Waals surface area contributed by atoms with E-state index in [0.717, 1.165) is 17.1 Å². The second-order valence-electron chi connectivity index (χ2n) is 13.1. The molecule has 3 aromatic carbocycles. The van der Waals surface area contributed by atoms with Gasteiger partial charge in [-0.2, -0.15) is 39.5 Å². The van der Waals surface area contributed by atoms with E-state index in [1.807, 2.05) is 6.92 Å². The van der Waals surface area contributed by atoms with Gasteiger partial charge in [-0.05, 0) is 67.1 Å². The Morgan fingerprint density at radius 2 is 1.55 bits per heavy atom. The monoisotopic (exact) mass is 793 g/mol. The second kappa shape index (κ2) is 15.4. The second-order valence-corrected chi connectivity index (χ2v) is 13.1.